The highest BCUT2D eigenvalue weighted by Crippen LogP contribution is 2.38. The number of likely N-dealkylation sites (tertiary alicyclic amines) is 1. The van der Waals surface area contributed by atoms with Crippen molar-refractivity contribution in [3.05, 3.63) is 16.3 Å². The molecule has 0 spiro atoms. The first-order valence-corrected chi connectivity index (χ1v) is 10.8. The van der Waals surface area contributed by atoms with Gasteiger partial charge in [-0.3, -0.25) is 9.69 Å². The molecule has 2 fully saturated rings. The second-order valence-electron chi connectivity index (χ2n) is 8.09. The first-order valence-electron chi connectivity index (χ1n) is 9.99. The normalized spacial score (nSPS) is 24.0. The van der Waals surface area contributed by atoms with Crippen LogP contribution in [0.25, 0.3) is 10.2 Å². The zero-order valence-corrected chi connectivity index (χ0v) is 17.3. The number of primary amides is 1. The third-order valence-electron chi connectivity index (χ3n) is 6.18. The molecule has 2 aliphatic heterocycles. The monoisotopic (exact) mass is 387 g/mol. The number of rotatable bonds is 4. The maximum Gasteiger partial charge on any atom is 0.222 e. The van der Waals surface area contributed by atoms with Crippen LogP contribution in [0.3, 0.4) is 0 Å². The molecule has 2 aromatic heterocycles. The van der Waals surface area contributed by atoms with Crippen LogP contribution in [-0.4, -0.2) is 46.5 Å². The van der Waals surface area contributed by atoms with Gasteiger partial charge in [-0.2, -0.15) is 0 Å². The number of nitrogens with two attached hydrogens (primary N) is 1. The molecule has 0 radical (unpaired) electrons. The maximum absolute atomic E-state index is 11.8. The molecule has 4 rings (SSSR count). The Morgan fingerprint density at radius 2 is 1.96 bits per heavy atom. The minimum atomic E-state index is -0.201. The second kappa shape index (κ2) is 7.36. The van der Waals surface area contributed by atoms with Crippen molar-refractivity contribution in [3.8, 4) is 0 Å². The summed E-state index contributed by atoms with van der Waals surface area (Å²) in [5, 5.41) is 1.15. The van der Waals surface area contributed by atoms with Gasteiger partial charge in [0.15, 0.2) is 0 Å². The summed E-state index contributed by atoms with van der Waals surface area (Å²) >= 11 is 1.75. The van der Waals surface area contributed by atoms with Crippen LogP contribution in [0.1, 0.15) is 48.9 Å². The van der Waals surface area contributed by atoms with Crippen LogP contribution in [0, 0.1) is 19.8 Å². The van der Waals surface area contributed by atoms with E-state index in [0.29, 0.717) is 12.6 Å². The number of hydrogen-bond donors (Lipinski definition) is 1. The molecule has 2 aromatic rings. The summed E-state index contributed by atoms with van der Waals surface area (Å²) in [5.74, 6) is 1.59. The lowest BCUT2D eigenvalue weighted by molar-refractivity contribution is -0.122. The van der Waals surface area contributed by atoms with E-state index in [9.17, 15) is 4.79 Å². The van der Waals surface area contributed by atoms with Gasteiger partial charge in [-0.05, 0) is 65.1 Å². The third-order valence-corrected chi connectivity index (χ3v) is 7.28. The smallest absolute Gasteiger partial charge is 0.222 e. The molecule has 0 aliphatic carbocycles. The van der Waals surface area contributed by atoms with Gasteiger partial charge in [-0.1, -0.05) is 0 Å². The summed E-state index contributed by atoms with van der Waals surface area (Å²) in [6, 6.07) is 0.345. The molecule has 0 saturated carbocycles. The van der Waals surface area contributed by atoms with Gasteiger partial charge >= 0.3 is 0 Å². The molecule has 4 heterocycles. The number of thiophene rings is 1. The van der Waals surface area contributed by atoms with E-state index in [1.54, 1.807) is 11.3 Å². The van der Waals surface area contributed by atoms with Crippen LogP contribution in [-0.2, 0) is 11.3 Å². The fraction of sp³-hybridized carbons (Fsp3) is 0.650. The number of aromatic nitrogens is 2. The number of anilines is 1. The van der Waals surface area contributed by atoms with Gasteiger partial charge in [-0.25, -0.2) is 9.97 Å². The molecule has 27 heavy (non-hydrogen) atoms. The Labute approximate surface area is 164 Å². The van der Waals surface area contributed by atoms with E-state index in [1.807, 2.05) is 0 Å². The number of piperidine rings is 1. The molecule has 0 bridgehead atoms. The lowest BCUT2D eigenvalue weighted by Gasteiger charge is -2.38. The van der Waals surface area contributed by atoms with Crippen molar-refractivity contribution in [1.29, 1.82) is 0 Å². The number of fused-ring (bicyclic) bond motifs is 1. The summed E-state index contributed by atoms with van der Waals surface area (Å²) in [6.07, 6.45) is 4.35. The molecule has 2 N–H and O–H groups in total. The van der Waals surface area contributed by atoms with E-state index in [-0.39, 0.29) is 11.8 Å². The summed E-state index contributed by atoms with van der Waals surface area (Å²) in [7, 11) is 0. The van der Waals surface area contributed by atoms with Gasteiger partial charge < -0.3 is 10.6 Å². The van der Waals surface area contributed by atoms with Crippen molar-refractivity contribution in [3.63, 3.8) is 0 Å². The molecule has 6 nitrogen and oxygen atoms in total. The number of carbonyl (C=O) groups is 1. The van der Waals surface area contributed by atoms with Crippen LogP contribution in [0.4, 0.5) is 5.82 Å². The predicted molar refractivity (Wildman–Crippen MR) is 110 cm³/mol. The van der Waals surface area contributed by atoms with Gasteiger partial charge in [0.2, 0.25) is 5.91 Å². The molecule has 2 aliphatic rings. The van der Waals surface area contributed by atoms with E-state index in [2.05, 4.69) is 30.6 Å². The van der Waals surface area contributed by atoms with Crippen LogP contribution < -0.4 is 10.6 Å². The largest absolute Gasteiger partial charge is 0.369 e. The number of hydrogen-bond acceptors (Lipinski definition) is 6. The van der Waals surface area contributed by atoms with E-state index in [1.165, 1.54) is 23.3 Å². The first-order chi connectivity index (χ1) is 12.9. The summed E-state index contributed by atoms with van der Waals surface area (Å²) in [5.41, 5.74) is 6.89. The Morgan fingerprint density at radius 3 is 2.67 bits per heavy atom. The molecule has 2 saturated heterocycles. The molecule has 146 valence electrons. The SMILES string of the molecule is Cc1sc2nc(CN3CCCC3)nc(N3CC(C(N)=O)CCC3C)c2c1C. The van der Waals surface area contributed by atoms with Crippen molar-refractivity contribution >= 4 is 33.3 Å². The first kappa shape index (κ1) is 18.6. The van der Waals surface area contributed by atoms with Gasteiger partial charge in [0, 0.05) is 17.5 Å². The molecule has 0 aromatic carbocycles. The number of carbonyl (C=O) groups excluding carboxylic acids is 1. The van der Waals surface area contributed by atoms with Crippen molar-refractivity contribution in [2.75, 3.05) is 24.5 Å². The summed E-state index contributed by atoms with van der Waals surface area (Å²) < 4.78 is 0. The molecular weight excluding hydrogens is 358 g/mol. The van der Waals surface area contributed by atoms with Gasteiger partial charge in [0.25, 0.3) is 0 Å². The van der Waals surface area contributed by atoms with Gasteiger partial charge in [0.1, 0.15) is 16.5 Å². The number of aryl methyl sites for hydroxylation is 2. The number of amides is 1. The molecule has 2 atom stereocenters. The molecule has 1 amide bonds. The zero-order chi connectivity index (χ0) is 19.1. The van der Waals surface area contributed by atoms with Crippen molar-refractivity contribution in [2.45, 2.75) is 59.0 Å². The average Bonchev–Trinajstić information content (AvgIpc) is 3.23. The Kier molecular flexibility index (Phi) is 5.07. The Balaban J connectivity index is 1.77. The van der Waals surface area contributed by atoms with Gasteiger partial charge in [-0.15, -0.1) is 11.3 Å². The summed E-state index contributed by atoms with van der Waals surface area (Å²) in [4.78, 5) is 28.9. The molecular formula is C20H29N5OS. The van der Waals surface area contributed by atoms with E-state index >= 15 is 0 Å². The molecule has 2 unspecified atom stereocenters. The fourth-order valence-corrected chi connectivity index (χ4v) is 5.37. The lowest BCUT2D eigenvalue weighted by Crippen LogP contribution is -2.46. The lowest BCUT2D eigenvalue weighted by atomic mass is 9.92. The molecule has 7 heteroatoms. The predicted octanol–water partition coefficient (Wildman–Crippen LogP) is 2.99. The standard InChI is InChI=1S/C20H29N5OS/c1-12-6-7-15(18(21)26)10-25(12)19-17-13(2)14(3)27-20(17)23-16(22-19)11-24-8-4-5-9-24/h12,15H,4-11H2,1-3H3,(H2,21,26). The van der Waals surface area contributed by atoms with Crippen molar-refractivity contribution in [2.24, 2.45) is 11.7 Å². The highest BCUT2D eigenvalue weighted by atomic mass is 32.1. The highest BCUT2D eigenvalue weighted by Gasteiger charge is 2.32. The van der Waals surface area contributed by atoms with E-state index < -0.39 is 0 Å². The van der Waals surface area contributed by atoms with Crippen LogP contribution in [0.2, 0.25) is 0 Å². The minimum absolute atomic E-state index is 0.103. The fourth-order valence-electron chi connectivity index (χ4n) is 4.33. The maximum atomic E-state index is 11.8. The van der Waals surface area contributed by atoms with E-state index in [0.717, 1.165) is 54.3 Å². The van der Waals surface area contributed by atoms with Crippen molar-refractivity contribution < 1.29 is 4.79 Å². The minimum Gasteiger partial charge on any atom is -0.369 e. The quantitative estimate of drug-likeness (QED) is 0.873. The topological polar surface area (TPSA) is 75.3 Å². The Morgan fingerprint density at radius 1 is 1.22 bits per heavy atom. The van der Waals surface area contributed by atoms with Crippen molar-refractivity contribution in [1.82, 2.24) is 14.9 Å². The number of nitrogens with zero attached hydrogens (tertiary/aromatic N) is 4. The second-order valence-corrected chi connectivity index (χ2v) is 9.29. The summed E-state index contributed by atoms with van der Waals surface area (Å²) in [6.45, 7) is 10.2. The van der Waals surface area contributed by atoms with Gasteiger partial charge in [0.05, 0.1) is 17.8 Å². The Hall–Kier alpha value is -1.73. The van der Waals surface area contributed by atoms with E-state index in [4.69, 9.17) is 15.7 Å². The average molecular weight is 388 g/mol. The van der Waals surface area contributed by atoms with Crippen LogP contribution in [0.15, 0.2) is 0 Å². The zero-order valence-electron chi connectivity index (χ0n) is 16.5. The van der Waals surface area contributed by atoms with Crippen LogP contribution in [0.5, 0.6) is 0 Å². The third kappa shape index (κ3) is 3.55. The Bertz CT molecular complexity index is 858. The highest BCUT2D eigenvalue weighted by molar-refractivity contribution is 7.18. The van der Waals surface area contributed by atoms with Crippen LogP contribution >= 0.6 is 11.3 Å².